The van der Waals surface area contributed by atoms with Crippen molar-refractivity contribution in [2.45, 2.75) is 13.8 Å². The van der Waals surface area contributed by atoms with Gasteiger partial charge in [-0.05, 0) is 19.9 Å². The maximum atomic E-state index is 12.6. The second kappa shape index (κ2) is 6.15. The summed E-state index contributed by atoms with van der Waals surface area (Å²) in [5.74, 6) is -0.00467. The van der Waals surface area contributed by atoms with Gasteiger partial charge in [-0.3, -0.25) is 4.79 Å². The maximum absolute atomic E-state index is 12.6. The van der Waals surface area contributed by atoms with Crippen LogP contribution in [0.1, 0.15) is 34.0 Å². The Labute approximate surface area is 118 Å². The first-order valence-corrected chi connectivity index (χ1v) is 6.42. The van der Waals surface area contributed by atoms with Gasteiger partial charge in [-0.25, -0.2) is 0 Å². The Hall–Kier alpha value is -2.42. The average Bonchev–Trinajstić information content (AvgIpc) is 2.47. The Bertz CT molecular complexity index is 660. The third-order valence-corrected chi connectivity index (χ3v) is 3.07. The van der Waals surface area contributed by atoms with Crippen LogP contribution in [0.4, 0.5) is 0 Å². The van der Waals surface area contributed by atoms with Gasteiger partial charge in [0, 0.05) is 16.7 Å². The van der Waals surface area contributed by atoms with Gasteiger partial charge in [0.1, 0.15) is 7.11 Å². The van der Waals surface area contributed by atoms with E-state index < -0.39 is 0 Å². The summed E-state index contributed by atoms with van der Waals surface area (Å²) in [4.78, 5) is 17.4. The molecule has 0 aliphatic carbocycles. The molecule has 2 aromatic carbocycles. The van der Waals surface area contributed by atoms with E-state index in [4.69, 9.17) is 4.84 Å². The van der Waals surface area contributed by atoms with Gasteiger partial charge >= 0.3 is 0 Å². The van der Waals surface area contributed by atoms with Crippen LogP contribution in [0.15, 0.2) is 53.7 Å². The number of rotatable bonds is 4. The van der Waals surface area contributed by atoms with E-state index in [2.05, 4.69) is 5.16 Å². The normalized spacial score (nSPS) is 11.2. The number of carbonyl (C=O) groups is 1. The van der Waals surface area contributed by atoms with Crippen molar-refractivity contribution in [2.75, 3.05) is 7.11 Å². The summed E-state index contributed by atoms with van der Waals surface area (Å²) in [7, 11) is 1.49. The molecule has 0 aliphatic rings. The lowest BCUT2D eigenvalue weighted by atomic mass is 9.95. The Balaban J connectivity index is 2.48. The fourth-order valence-electron chi connectivity index (χ4n) is 2.12. The van der Waals surface area contributed by atoms with E-state index in [1.165, 1.54) is 7.11 Å². The number of hydrogen-bond acceptors (Lipinski definition) is 3. The monoisotopic (exact) mass is 267 g/mol. The molecule has 102 valence electrons. The number of ketones is 1. The van der Waals surface area contributed by atoms with Gasteiger partial charge in [0.15, 0.2) is 5.78 Å². The van der Waals surface area contributed by atoms with Crippen molar-refractivity contribution >= 4 is 11.5 Å². The van der Waals surface area contributed by atoms with E-state index >= 15 is 0 Å². The first-order chi connectivity index (χ1) is 9.63. The number of aryl methyl sites for hydroxylation is 1. The highest BCUT2D eigenvalue weighted by Crippen LogP contribution is 2.16. The number of carbonyl (C=O) groups excluding carboxylic acids is 1. The first-order valence-electron chi connectivity index (χ1n) is 6.42. The SMILES string of the molecule is CO/N=C(/C)c1ccccc1C(=O)c1cccc(C)c1. The van der Waals surface area contributed by atoms with E-state index in [1.54, 1.807) is 0 Å². The third kappa shape index (κ3) is 2.94. The number of benzene rings is 2. The minimum absolute atomic E-state index is 0.00467. The van der Waals surface area contributed by atoms with Crippen molar-refractivity contribution in [3.63, 3.8) is 0 Å². The summed E-state index contributed by atoms with van der Waals surface area (Å²) in [5.41, 5.74) is 3.86. The molecule has 3 heteroatoms. The predicted octanol–water partition coefficient (Wildman–Crippen LogP) is 3.60. The Morgan fingerprint density at radius 2 is 1.75 bits per heavy atom. The van der Waals surface area contributed by atoms with Crippen LogP contribution in [0.5, 0.6) is 0 Å². The molecule has 0 heterocycles. The summed E-state index contributed by atoms with van der Waals surface area (Å²) in [6.45, 7) is 3.80. The van der Waals surface area contributed by atoms with E-state index in [1.807, 2.05) is 62.4 Å². The van der Waals surface area contributed by atoms with Gasteiger partial charge in [0.05, 0.1) is 5.71 Å². The molecule has 0 bridgehead atoms. The van der Waals surface area contributed by atoms with Gasteiger partial charge < -0.3 is 4.84 Å². The minimum Gasteiger partial charge on any atom is -0.399 e. The molecule has 0 saturated heterocycles. The molecular formula is C17H17NO2. The van der Waals surface area contributed by atoms with Gasteiger partial charge in [-0.15, -0.1) is 0 Å². The summed E-state index contributed by atoms with van der Waals surface area (Å²) in [6, 6.07) is 15.0. The van der Waals surface area contributed by atoms with Crippen LogP contribution in [0, 0.1) is 6.92 Å². The van der Waals surface area contributed by atoms with Gasteiger partial charge in [0.2, 0.25) is 0 Å². The van der Waals surface area contributed by atoms with Crippen LogP contribution in [0.3, 0.4) is 0 Å². The van der Waals surface area contributed by atoms with Crippen molar-refractivity contribution in [1.82, 2.24) is 0 Å². The highest BCUT2D eigenvalue weighted by atomic mass is 16.6. The van der Waals surface area contributed by atoms with Crippen LogP contribution in [0.2, 0.25) is 0 Å². The molecule has 2 aromatic rings. The molecule has 0 aromatic heterocycles. The van der Waals surface area contributed by atoms with Gasteiger partial charge in [0.25, 0.3) is 0 Å². The van der Waals surface area contributed by atoms with Crippen LogP contribution >= 0.6 is 0 Å². The topological polar surface area (TPSA) is 38.7 Å². The van der Waals surface area contributed by atoms with Crippen LogP contribution in [-0.2, 0) is 4.84 Å². The molecule has 20 heavy (non-hydrogen) atoms. The fraction of sp³-hybridized carbons (Fsp3) is 0.176. The zero-order valence-electron chi connectivity index (χ0n) is 11.9. The Kier molecular flexibility index (Phi) is 4.31. The van der Waals surface area contributed by atoms with Gasteiger partial charge in [-0.2, -0.15) is 0 Å². The molecule has 2 rings (SSSR count). The first kappa shape index (κ1) is 14.0. The molecule has 0 radical (unpaired) electrons. The summed E-state index contributed by atoms with van der Waals surface area (Å²) >= 11 is 0. The Morgan fingerprint density at radius 1 is 1.05 bits per heavy atom. The maximum Gasteiger partial charge on any atom is 0.193 e. The van der Waals surface area contributed by atoms with E-state index in [0.29, 0.717) is 16.8 Å². The zero-order chi connectivity index (χ0) is 14.5. The lowest BCUT2D eigenvalue weighted by Crippen LogP contribution is -2.09. The second-order valence-electron chi connectivity index (χ2n) is 4.60. The number of oxime groups is 1. The van der Waals surface area contributed by atoms with Crippen LogP contribution in [-0.4, -0.2) is 18.6 Å². The highest BCUT2D eigenvalue weighted by molar-refractivity contribution is 6.16. The molecule has 0 unspecified atom stereocenters. The molecule has 0 aliphatic heterocycles. The van der Waals surface area contributed by atoms with Crippen molar-refractivity contribution in [1.29, 1.82) is 0 Å². The molecule has 0 fully saturated rings. The van der Waals surface area contributed by atoms with E-state index in [0.717, 1.165) is 11.1 Å². The van der Waals surface area contributed by atoms with Crippen LogP contribution < -0.4 is 0 Å². The van der Waals surface area contributed by atoms with Crippen molar-refractivity contribution in [3.05, 3.63) is 70.8 Å². The molecule has 0 spiro atoms. The second-order valence-corrected chi connectivity index (χ2v) is 4.60. The lowest BCUT2D eigenvalue weighted by molar-refractivity contribution is 0.103. The van der Waals surface area contributed by atoms with Gasteiger partial charge in [-0.1, -0.05) is 53.2 Å². The summed E-state index contributed by atoms with van der Waals surface area (Å²) in [6.07, 6.45) is 0. The molecule has 0 amide bonds. The smallest absolute Gasteiger partial charge is 0.193 e. The lowest BCUT2D eigenvalue weighted by Gasteiger charge is -2.08. The largest absolute Gasteiger partial charge is 0.399 e. The Morgan fingerprint density at radius 3 is 2.40 bits per heavy atom. The molecule has 0 N–H and O–H groups in total. The fourth-order valence-corrected chi connectivity index (χ4v) is 2.12. The number of hydrogen-bond donors (Lipinski definition) is 0. The highest BCUT2D eigenvalue weighted by Gasteiger charge is 2.15. The molecule has 0 atom stereocenters. The summed E-state index contributed by atoms with van der Waals surface area (Å²) in [5, 5.41) is 3.91. The standard InChI is InChI=1S/C17H17NO2/c1-12-7-6-8-14(11-12)17(19)16-10-5-4-9-15(16)13(2)18-20-3/h4-11H,1-3H3/b18-13-. The van der Waals surface area contributed by atoms with Crippen molar-refractivity contribution in [3.8, 4) is 0 Å². The summed E-state index contributed by atoms with van der Waals surface area (Å²) < 4.78 is 0. The zero-order valence-corrected chi connectivity index (χ0v) is 11.9. The minimum atomic E-state index is -0.00467. The molecule has 0 saturated carbocycles. The average molecular weight is 267 g/mol. The third-order valence-electron chi connectivity index (χ3n) is 3.07. The quantitative estimate of drug-likeness (QED) is 0.482. The van der Waals surface area contributed by atoms with Crippen molar-refractivity contribution in [2.24, 2.45) is 5.16 Å². The van der Waals surface area contributed by atoms with E-state index in [-0.39, 0.29) is 5.78 Å². The number of nitrogens with zero attached hydrogens (tertiary/aromatic N) is 1. The van der Waals surface area contributed by atoms with Crippen LogP contribution in [0.25, 0.3) is 0 Å². The van der Waals surface area contributed by atoms with E-state index in [9.17, 15) is 4.79 Å². The van der Waals surface area contributed by atoms with Crippen molar-refractivity contribution < 1.29 is 9.63 Å². The molecular weight excluding hydrogens is 250 g/mol. The molecule has 3 nitrogen and oxygen atoms in total. The predicted molar refractivity (Wildman–Crippen MR) is 80.3 cm³/mol.